The Labute approximate surface area is 81.5 Å². The van der Waals surface area contributed by atoms with Crippen LogP contribution in [0.3, 0.4) is 0 Å². The maximum absolute atomic E-state index is 9.66. The van der Waals surface area contributed by atoms with Crippen LogP contribution in [0.1, 0.15) is 57.8 Å². The molecule has 0 aromatic rings. The van der Waals surface area contributed by atoms with Crippen molar-refractivity contribution in [2.45, 2.75) is 63.9 Å². The van der Waals surface area contributed by atoms with E-state index in [4.69, 9.17) is 0 Å². The SMILES string of the molecule is OC(CCCC1CCCC1)C1CC1. The summed E-state index contributed by atoms with van der Waals surface area (Å²) in [5.41, 5.74) is 0. The largest absolute Gasteiger partial charge is 0.393 e. The van der Waals surface area contributed by atoms with Gasteiger partial charge in [0.25, 0.3) is 0 Å². The summed E-state index contributed by atoms with van der Waals surface area (Å²) in [6.45, 7) is 0. The highest BCUT2D eigenvalue weighted by Crippen LogP contribution is 2.35. The van der Waals surface area contributed by atoms with E-state index in [1.165, 1.54) is 51.4 Å². The molecule has 1 heteroatoms. The molecule has 0 radical (unpaired) electrons. The summed E-state index contributed by atoms with van der Waals surface area (Å²) in [6.07, 6.45) is 12.1. The third kappa shape index (κ3) is 2.98. The monoisotopic (exact) mass is 182 g/mol. The minimum atomic E-state index is 0.0430. The molecule has 0 amide bonds. The molecule has 1 nitrogen and oxygen atoms in total. The summed E-state index contributed by atoms with van der Waals surface area (Å²) >= 11 is 0. The van der Waals surface area contributed by atoms with Gasteiger partial charge in [0, 0.05) is 0 Å². The van der Waals surface area contributed by atoms with Gasteiger partial charge in [-0.3, -0.25) is 0 Å². The van der Waals surface area contributed by atoms with Crippen LogP contribution < -0.4 is 0 Å². The van der Waals surface area contributed by atoms with Gasteiger partial charge in [-0.15, -0.1) is 0 Å². The topological polar surface area (TPSA) is 20.2 Å². The Kier molecular flexibility index (Phi) is 3.26. The number of aliphatic hydroxyl groups excluding tert-OH is 1. The number of hydrogen-bond acceptors (Lipinski definition) is 1. The standard InChI is InChI=1S/C12H22O/c13-12(11-8-9-11)7-3-6-10-4-1-2-5-10/h10-13H,1-9H2. The maximum atomic E-state index is 9.66. The summed E-state index contributed by atoms with van der Waals surface area (Å²) in [4.78, 5) is 0. The molecule has 0 saturated heterocycles. The lowest BCUT2D eigenvalue weighted by atomic mass is 9.98. The average molecular weight is 182 g/mol. The molecule has 0 spiro atoms. The van der Waals surface area contributed by atoms with Gasteiger partial charge in [-0.1, -0.05) is 38.5 Å². The van der Waals surface area contributed by atoms with Crippen molar-refractivity contribution in [3.63, 3.8) is 0 Å². The van der Waals surface area contributed by atoms with Gasteiger partial charge in [0.2, 0.25) is 0 Å². The lowest BCUT2D eigenvalue weighted by molar-refractivity contribution is 0.136. The van der Waals surface area contributed by atoms with Crippen LogP contribution in [0.15, 0.2) is 0 Å². The predicted molar refractivity (Wildman–Crippen MR) is 54.5 cm³/mol. The molecule has 2 fully saturated rings. The molecule has 76 valence electrons. The van der Waals surface area contributed by atoms with E-state index < -0.39 is 0 Å². The molecule has 1 unspecified atom stereocenters. The summed E-state index contributed by atoms with van der Waals surface area (Å²) in [7, 11) is 0. The lowest BCUT2D eigenvalue weighted by Crippen LogP contribution is -2.09. The van der Waals surface area contributed by atoms with Gasteiger partial charge in [0.05, 0.1) is 6.10 Å². The normalized spacial score (nSPS) is 26.5. The van der Waals surface area contributed by atoms with Crippen molar-refractivity contribution in [1.29, 1.82) is 0 Å². The fraction of sp³-hybridized carbons (Fsp3) is 1.00. The number of hydrogen-bond donors (Lipinski definition) is 1. The molecule has 0 heterocycles. The van der Waals surface area contributed by atoms with Crippen LogP contribution in [-0.2, 0) is 0 Å². The van der Waals surface area contributed by atoms with E-state index in [1.807, 2.05) is 0 Å². The van der Waals surface area contributed by atoms with E-state index in [1.54, 1.807) is 0 Å². The minimum absolute atomic E-state index is 0.0430. The fourth-order valence-electron chi connectivity index (χ4n) is 2.63. The van der Waals surface area contributed by atoms with Crippen molar-refractivity contribution in [3.05, 3.63) is 0 Å². The van der Waals surface area contributed by atoms with Crippen molar-refractivity contribution in [2.75, 3.05) is 0 Å². The van der Waals surface area contributed by atoms with Crippen LogP contribution in [0.25, 0.3) is 0 Å². The zero-order chi connectivity index (χ0) is 9.10. The van der Waals surface area contributed by atoms with Crippen molar-refractivity contribution in [3.8, 4) is 0 Å². The third-order valence-corrected chi connectivity index (χ3v) is 3.75. The second-order valence-electron chi connectivity index (χ2n) is 4.99. The molecule has 13 heavy (non-hydrogen) atoms. The van der Waals surface area contributed by atoms with Gasteiger partial charge in [0.1, 0.15) is 0 Å². The Hall–Kier alpha value is -0.0400. The highest BCUT2D eigenvalue weighted by Gasteiger charge is 2.29. The zero-order valence-corrected chi connectivity index (χ0v) is 8.54. The molecule has 0 aliphatic heterocycles. The van der Waals surface area contributed by atoms with Gasteiger partial charge < -0.3 is 5.11 Å². The van der Waals surface area contributed by atoms with Gasteiger partial charge in [-0.2, -0.15) is 0 Å². The van der Waals surface area contributed by atoms with Crippen molar-refractivity contribution >= 4 is 0 Å². The van der Waals surface area contributed by atoms with Crippen LogP contribution in [0, 0.1) is 11.8 Å². The lowest BCUT2D eigenvalue weighted by Gasteiger charge is -2.11. The quantitative estimate of drug-likeness (QED) is 0.692. The molecule has 2 aliphatic carbocycles. The van der Waals surface area contributed by atoms with Crippen molar-refractivity contribution < 1.29 is 5.11 Å². The van der Waals surface area contributed by atoms with Gasteiger partial charge in [-0.05, 0) is 31.1 Å². The van der Waals surface area contributed by atoms with E-state index in [-0.39, 0.29) is 6.10 Å². The van der Waals surface area contributed by atoms with Crippen molar-refractivity contribution in [2.24, 2.45) is 11.8 Å². The Balaban J connectivity index is 1.52. The van der Waals surface area contributed by atoms with E-state index >= 15 is 0 Å². The highest BCUT2D eigenvalue weighted by molar-refractivity contribution is 4.81. The van der Waals surface area contributed by atoms with Crippen LogP contribution >= 0.6 is 0 Å². The second kappa shape index (κ2) is 4.45. The molecule has 2 rings (SSSR count). The summed E-state index contributed by atoms with van der Waals surface area (Å²) < 4.78 is 0. The molecule has 0 aromatic heterocycles. The van der Waals surface area contributed by atoms with Crippen LogP contribution in [0.4, 0.5) is 0 Å². The first kappa shape index (κ1) is 9.51. The van der Waals surface area contributed by atoms with Crippen LogP contribution in [0.2, 0.25) is 0 Å². The molecular formula is C12H22O. The van der Waals surface area contributed by atoms with Gasteiger partial charge in [0.15, 0.2) is 0 Å². The second-order valence-corrected chi connectivity index (χ2v) is 4.99. The summed E-state index contributed by atoms with van der Waals surface area (Å²) in [5, 5.41) is 9.66. The van der Waals surface area contributed by atoms with Crippen molar-refractivity contribution in [1.82, 2.24) is 0 Å². The first-order valence-electron chi connectivity index (χ1n) is 6.04. The number of rotatable bonds is 5. The molecule has 1 N–H and O–H groups in total. The Morgan fingerprint density at radius 3 is 2.38 bits per heavy atom. The number of aliphatic hydroxyl groups is 1. The molecule has 2 aliphatic rings. The molecule has 1 atom stereocenters. The fourth-order valence-corrected chi connectivity index (χ4v) is 2.63. The minimum Gasteiger partial charge on any atom is -0.393 e. The Bertz CT molecular complexity index is 143. The van der Waals surface area contributed by atoms with E-state index in [9.17, 15) is 5.11 Å². The summed E-state index contributed by atoms with van der Waals surface area (Å²) in [6, 6.07) is 0. The molecular weight excluding hydrogens is 160 g/mol. The first-order valence-corrected chi connectivity index (χ1v) is 6.04. The average Bonchev–Trinajstić information content (AvgIpc) is 2.86. The molecule has 0 aromatic carbocycles. The first-order chi connectivity index (χ1) is 6.36. The zero-order valence-electron chi connectivity index (χ0n) is 8.54. The highest BCUT2D eigenvalue weighted by atomic mass is 16.3. The Morgan fingerprint density at radius 1 is 1.08 bits per heavy atom. The van der Waals surface area contributed by atoms with E-state index in [0.717, 1.165) is 12.3 Å². The maximum Gasteiger partial charge on any atom is 0.0568 e. The van der Waals surface area contributed by atoms with E-state index in [2.05, 4.69) is 0 Å². The van der Waals surface area contributed by atoms with Gasteiger partial charge in [-0.25, -0.2) is 0 Å². The van der Waals surface area contributed by atoms with Gasteiger partial charge >= 0.3 is 0 Å². The van der Waals surface area contributed by atoms with E-state index in [0.29, 0.717) is 5.92 Å². The molecule has 0 bridgehead atoms. The third-order valence-electron chi connectivity index (χ3n) is 3.75. The Morgan fingerprint density at radius 2 is 1.77 bits per heavy atom. The summed E-state index contributed by atoms with van der Waals surface area (Å²) in [5.74, 6) is 1.69. The predicted octanol–water partition coefficient (Wildman–Crippen LogP) is 3.12. The smallest absolute Gasteiger partial charge is 0.0568 e. The van der Waals surface area contributed by atoms with Crippen LogP contribution in [-0.4, -0.2) is 11.2 Å². The molecule has 2 saturated carbocycles. The van der Waals surface area contributed by atoms with Crippen LogP contribution in [0.5, 0.6) is 0 Å².